The Labute approximate surface area is 99.4 Å². The van der Waals surface area contributed by atoms with Gasteiger partial charge < -0.3 is 5.73 Å². The van der Waals surface area contributed by atoms with Gasteiger partial charge in [0.15, 0.2) is 5.78 Å². The van der Waals surface area contributed by atoms with Crippen molar-refractivity contribution in [1.29, 1.82) is 0 Å². The van der Waals surface area contributed by atoms with Crippen LogP contribution in [0.3, 0.4) is 0 Å². The molecule has 15 heavy (non-hydrogen) atoms. The molecule has 0 atom stereocenters. The molecule has 0 radical (unpaired) electrons. The summed E-state index contributed by atoms with van der Waals surface area (Å²) >= 11 is 11.7. The van der Waals surface area contributed by atoms with Crippen LogP contribution in [0.15, 0.2) is 12.1 Å². The van der Waals surface area contributed by atoms with E-state index < -0.39 is 0 Å². The number of nitrogen functional groups attached to an aromatic ring is 1. The number of halogens is 2. The van der Waals surface area contributed by atoms with Crippen LogP contribution < -0.4 is 5.73 Å². The lowest BCUT2D eigenvalue weighted by atomic mass is 10.1. The molecule has 0 spiro atoms. The molecule has 0 aliphatic rings. The molecule has 1 aromatic rings. The minimum absolute atomic E-state index is 0.0562. The zero-order valence-corrected chi connectivity index (χ0v) is 10.0. The van der Waals surface area contributed by atoms with Crippen molar-refractivity contribution in [3.05, 3.63) is 27.7 Å². The summed E-state index contributed by atoms with van der Waals surface area (Å²) in [7, 11) is 0. The van der Waals surface area contributed by atoms with Crippen LogP contribution in [-0.4, -0.2) is 5.78 Å². The van der Waals surface area contributed by atoms with E-state index in [0.29, 0.717) is 27.7 Å². The maximum atomic E-state index is 11.7. The Morgan fingerprint density at radius 3 is 2.33 bits per heavy atom. The summed E-state index contributed by atoms with van der Waals surface area (Å²) in [5.74, 6) is 0.0562. The van der Waals surface area contributed by atoms with Gasteiger partial charge in [-0.15, -0.1) is 0 Å². The topological polar surface area (TPSA) is 43.1 Å². The third-order valence-electron chi connectivity index (χ3n) is 2.16. The average Bonchev–Trinajstić information content (AvgIpc) is 2.21. The lowest BCUT2D eigenvalue weighted by Gasteiger charge is -2.05. The van der Waals surface area contributed by atoms with E-state index in [-0.39, 0.29) is 5.78 Å². The van der Waals surface area contributed by atoms with Crippen LogP contribution in [0.25, 0.3) is 0 Å². The molecule has 1 rings (SSSR count). The number of ketones is 1. The number of hydrogen-bond donors (Lipinski definition) is 1. The Balaban J connectivity index is 2.91. The molecule has 82 valence electrons. The van der Waals surface area contributed by atoms with Gasteiger partial charge in [0.25, 0.3) is 0 Å². The minimum atomic E-state index is 0.0562. The molecule has 0 unspecified atom stereocenters. The molecule has 0 saturated carbocycles. The number of carbonyl (C=O) groups excluding carboxylic acids is 1. The second-order valence-corrected chi connectivity index (χ2v) is 4.19. The fourth-order valence-electron chi connectivity index (χ4n) is 1.23. The fourth-order valence-corrected chi connectivity index (χ4v) is 1.71. The third-order valence-corrected chi connectivity index (χ3v) is 2.78. The number of nitrogens with two attached hydrogens (primary N) is 1. The minimum Gasteiger partial charge on any atom is -0.396 e. The monoisotopic (exact) mass is 245 g/mol. The highest BCUT2D eigenvalue weighted by Gasteiger charge is 2.10. The van der Waals surface area contributed by atoms with Crippen molar-refractivity contribution in [1.82, 2.24) is 0 Å². The highest BCUT2D eigenvalue weighted by Crippen LogP contribution is 2.29. The molecule has 4 heteroatoms. The third kappa shape index (κ3) is 3.11. The molecule has 0 heterocycles. The van der Waals surface area contributed by atoms with E-state index in [1.54, 1.807) is 12.1 Å². The van der Waals surface area contributed by atoms with Crippen molar-refractivity contribution >= 4 is 34.7 Å². The first-order chi connectivity index (χ1) is 7.06. The smallest absolute Gasteiger partial charge is 0.162 e. The SMILES string of the molecule is CCCCC(=O)c1cc(Cl)c(N)c(Cl)c1. The number of carbonyl (C=O) groups is 1. The molecule has 0 bridgehead atoms. The zero-order chi connectivity index (χ0) is 11.4. The van der Waals surface area contributed by atoms with Crippen LogP contribution in [0.4, 0.5) is 5.69 Å². The molecule has 0 saturated heterocycles. The summed E-state index contributed by atoms with van der Waals surface area (Å²) in [6.07, 6.45) is 2.38. The van der Waals surface area contributed by atoms with Crippen molar-refractivity contribution in [3.8, 4) is 0 Å². The molecular weight excluding hydrogens is 233 g/mol. The largest absolute Gasteiger partial charge is 0.396 e. The first kappa shape index (κ1) is 12.3. The van der Waals surface area contributed by atoms with Crippen LogP contribution in [-0.2, 0) is 0 Å². The molecule has 0 fully saturated rings. The van der Waals surface area contributed by atoms with Crippen LogP contribution >= 0.6 is 23.2 Å². The van der Waals surface area contributed by atoms with Crippen molar-refractivity contribution in [2.45, 2.75) is 26.2 Å². The summed E-state index contributed by atoms with van der Waals surface area (Å²) in [6, 6.07) is 3.14. The predicted molar refractivity (Wildman–Crippen MR) is 64.7 cm³/mol. The molecule has 0 aliphatic carbocycles. The number of rotatable bonds is 4. The summed E-state index contributed by atoms with van der Waals surface area (Å²) in [4.78, 5) is 11.7. The summed E-state index contributed by atoms with van der Waals surface area (Å²) in [5, 5.41) is 0.671. The lowest BCUT2D eigenvalue weighted by molar-refractivity contribution is 0.0980. The number of unbranched alkanes of at least 4 members (excludes halogenated alkanes) is 1. The van der Waals surface area contributed by atoms with Crippen molar-refractivity contribution in [3.63, 3.8) is 0 Å². The van der Waals surface area contributed by atoms with Crippen molar-refractivity contribution in [2.75, 3.05) is 5.73 Å². The van der Waals surface area contributed by atoms with E-state index in [2.05, 4.69) is 0 Å². The fraction of sp³-hybridized carbons (Fsp3) is 0.364. The average molecular weight is 246 g/mol. The standard InChI is InChI=1S/C11H13Cl2NO/c1-2-3-4-10(15)7-5-8(12)11(14)9(13)6-7/h5-6H,2-4,14H2,1H3. The van der Waals surface area contributed by atoms with E-state index in [9.17, 15) is 4.79 Å². The summed E-state index contributed by atoms with van der Waals surface area (Å²) in [5.41, 5.74) is 6.44. The van der Waals surface area contributed by atoms with Crippen molar-refractivity contribution < 1.29 is 4.79 Å². The van der Waals surface area contributed by atoms with E-state index in [1.165, 1.54) is 0 Å². The molecule has 1 aromatic carbocycles. The summed E-state index contributed by atoms with van der Waals surface area (Å²) < 4.78 is 0. The van der Waals surface area contributed by atoms with Gasteiger partial charge in [0.2, 0.25) is 0 Å². The summed E-state index contributed by atoms with van der Waals surface area (Å²) in [6.45, 7) is 2.04. The Kier molecular flexibility index (Phi) is 4.43. The predicted octanol–water partition coefficient (Wildman–Crippen LogP) is 3.95. The first-order valence-corrected chi connectivity index (χ1v) is 5.59. The molecule has 0 aromatic heterocycles. The van der Waals surface area contributed by atoms with Crippen LogP contribution in [0.2, 0.25) is 10.0 Å². The van der Waals surface area contributed by atoms with E-state index in [1.807, 2.05) is 6.92 Å². The molecule has 2 nitrogen and oxygen atoms in total. The zero-order valence-electron chi connectivity index (χ0n) is 8.52. The van der Waals surface area contributed by atoms with Gasteiger partial charge in [-0.2, -0.15) is 0 Å². The highest BCUT2D eigenvalue weighted by molar-refractivity contribution is 6.39. The Morgan fingerprint density at radius 2 is 1.87 bits per heavy atom. The maximum absolute atomic E-state index is 11.7. The van der Waals surface area contributed by atoms with Crippen LogP contribution in [0.5, 0.6) is 0 Å². The number of hydrogen-bond acceptors (Lipinski definition) is 2. The number of anilines is 1. The van der Waals surface area contributed by atoms with E-state index in [0.717, 1.165) is 12.8 Å². The highest BCUT2D eigenvalue weighted by atomic mass is 35.5. The lowest BCUT2D eigenvalue weighted by Crippen LogP contribution is -2.00. The second kappa shape index (κ2) is 5.38. The molecule has 0 amide bonds. The molecule has 2 N–H and O–H groups in total. The van der Waals surface area contributed by atoms with Gasteiger partial charge in [0, 0.05) is 12.0 Å². The van der Waals surface area contributed by atoms with Gasteiger partial charge in [-0.1, -0.05) is 36.5 Å². The maximum Gasteiger partial charge on any atom is 0.162 e. The van der Waals surface area contributed by atoms with Gasteiger partial charge in [-0.05, 0) is 18.6 Å². The quantitative estimate of drug-likeness (QED) is 0.645. The Bertz CT molecular complexity index is 354. The Morgan fingerprint density at radius 1 is 1.33 bits per heavy atom. The molecule has 0 aliphatic heterocycles. The van der Waals surface area contributed by atoms with Crippen molar-refractivity contribution in [2.24, 2.45) is 0 Å². The van der Waals surface area contributed by atoms with Gasteiger partial charge in [0.1, 0.15) is 0 Å². The number of benzene rings is 1. The normalized spacial score (nSPS) is 10.3. The van der Waals surface area contributed by atoms with Crippen LogP contribution in [0.1, 0.15) is 36.5 Å². The van der Waals surface area contributed by atoms with Gasteiger partial charge >= 0.3 is 0 Å². The second-order valence-electron chi connectivity index (χ2n) is 3.38. The van der Waals surface area contributed by atoms with Crippen LogP contribution in [0, 0.1) is 0 Å². The number of Topliss-reactive ketones (excluding diaryl/α,β-unsaturated/α-hetero) is 1. The molecular formula is C11H13Cl2NO. The van der Waals surface area contributed by atoms with Gasteiger partial charge in [-0.3, -0.25) is 4.79 Å². The van der Waals surface area contributed by atoms with E-state index >= 15 is 0 Å². The van der Waals surface area contributed by atoms with Gasteiger partial charge in [-0.25, -0.2) is 0 Å². The van der Waals surface area contributed by atoms with E-state index in [4.69, 9.17) is 28.9 Å². The van der Waals surface area contributed by atoms with Gasteiger partial charge in [0.05, 0.1) is 15.7 Å². The Hall–Kier alpha value is -0.730. The first-order valence-electron chi connectivity index (χ1n) is 4.84.